The van der Waals surface area contributed by atoms with Crippen molar-refractivity contribution in [2.45, 2.75) is 33.2 Å². The van der Waals surface area contributed by atoms with E-state index in [1.54, 1.807) is 17.0 Å². The number of rotatable bonds is 3. The fourth-order valence-electron chi connectivity index (χ4n) is 3.41. The highest BCUT2D eigenvalue weighted by atomic mass is 19.1. The van der Waals surface area contributed by atoms with E-state index in [1.807, 2.05) is 13.8 Å². The molecule has 1 aliphatic heterocycles. The van der Waals surface area contributed by atoms with Crippen molar-refractivity contribution in [3.63, 3.8) is 0 Å². The van der Waals surface area contributed by atoms with E-state index in [1.165, 1.54) is 12.1 Å². The van der Waals surface area contributed by atoms with E-state index in [2.05, 4.69) is 14.9 Å². The number of hydrogen-bond donors (Lipinski definition) is 0. The second kappa shape index (κ2) is 6.55. The van der Waals surface area contributed by atoms with Crippen LogP contribution in [0.25, 0.3) is 11.1 Å². The van der Waals surface area contributed by atoms with Gasteiger partial charge in [0.2, 0.25) is 0 Å². The lowest BCUT2D eigenvalue weighted by molar-refractivity contribution is 0.342. The highest BCUT2D eigenvalue weighted by Gasteiger charge is 2.23. The van der Waals surface area contributed by atoms with Crippen LogP contribution in [-0.4, -0.2) is 27.6 Å². The quantitative estimate of drug-likeness (QED) is 0.722. The second-order valence-corrected chi connectivity index (χ2v) is 6.95. The molecule has 0 spiro atoms. The van der Waals surface area contributed by atoms with Gasteiger partial charge in [-0.1, -0.05) is 0 Å². The summed E-state index contributed by atoms with van der Waals surface area (Å²) >= 11 is 0. The highest BCUT2D eigenvalue weighted by molar-refractivity contribution is 5.74. The van der Waals surface area contributed by atoms with E-state index < -0.39 is 0 Å². The van der Waals surface area contributed by atoms with Gasteiger partial charge in [-0.2, -0.15) is 4.98 Å². The maximum absolute atomic E-state index is 13.3. The first-order valence-electron chi connectivity index (χ1n) is 8.85. The number of fused-ring (bicyclic) bond motifs is 1. The Morgan fingerprint density at radius 1 is 1.27 bits per heavy atom. The average molecular weight is 356 g/mol. The lowest BCUT2D eigenvalue weighted by Crippen LogP contribution is -2.37. The first-order chi connectivity index (χ1) is 12.5. The molecule has 4 rings (SSSR count). The summed E-state index contributed by atoms with van der Waals surface area (Å²) < 4.78 is 20.7. The van der Waals surface area contributed by atoms with Gasteiger partial charge in [-0.3, -0.25) is 9.36 Å². The van der Waals surface area contributed by atoms with Gasteiger partial charge in [-0.15, -0.1) is 0 Å². The molecule has 0 amide bonds. The first-order valence-corrected chi connectivity index (χ1v) is 8.85. The van der Waals surface area contributed by atoms with Crippen LogP contribution in [0.3, 0.4) is 0 Å². The summed E-state index contributed by atoms with van der Waals surface area (Å²) in [6.45, 7) is 5.95. The van der Waals surface area contributed by atoms with Crippen LogP contribution in [0.2, 0.25) is 0 Å². The van der Waals surface area contributed by atoms with Crippen LogP contribution in [-0.2, 0) is 6.54 Å². The van der Waals surface area contributed by atoms with Crippen LogP contribution >= 0.6 is 0 Å². The van der Waals surface area contributed by atoms with Gasteiger partial charge >= 0.3 is 0 Å². The molecule has 0 radical (unpaired) electrons. The summed E-state index contributed by atoms with van der Waals surface area (Å²) in [5.41, 5.74) is 2.67. The molecule has 3 heterocycles. The molecule has 0 unspecified atom stereocenters. The molecule has 136 valence electrons. The number of oxazole rings is 1. The molecule has 1 aliphatic rings. The number of hydrogen-bond acceptors (Lipinski definition) is 5. The molecular weight excluding hydrogens is 335 g/mol. The molecule has 0 bridgehead atoms. The Bertz CT molecular complexity index is 1000. The molecule has 0 atom stereocenters. The minimum absolute atomic E-state index is 0.0425. The van der Waals surface area contributed by atoms with Gasteiger partial charge in [0.1, 0.15) is 11.3 Å². The second-order valence-electron chi connectivity index (χ2n) is 6.95. The zero-order valence-electron chi connectivity index (χ0n) is 14.9. The van der Waals surface area contributed by atoms with Crippen LogP contribution in [0.1, 0.15) is 24.1 Å². The molecule has 1 fully saturated rings. The third-order valence-corrected chi connectivity index (χ3v) is 5.19. The first kappa shape index (κ1) is 16.8. The van der Waals surface area contributed by atoms with Crippen LogP contribution in [0.15, 0.2) is 33.7 Å². The Labute approximate surface area is 150 Å². The van der Waals surface area contributed by atoms with Gasteiger partial charge < -0.3 is 9.32 Å². The highest BCUT2D eigenvalue weighted by Crippen LogP contribution is 2.27. The van der Waals surface area contributed by atoms with E-state index in [0.29, 0.717) is 35.1 Å². The largest absolute Gasteiger partial charge is 0.423 e. The Morgan fingerprint density at radius 3 is 2.81 bits per heavy atom. The number of anilines is 1. The average Bonchev–Trinajstić information content (AvgIpc) is 3.06. The third kappa shape index (κ3) is 3.09. The van der Waals surface area contributed by atoms with Crippen LogP contribution in [0.5, 0.6) is 0 Å². The molecular formula is C19H21FN4O2. The topological polar surface area (TPSA) is 64.2 Å². The fraction of sp³-hybridized carbons (Fsp3) is 0.421. The summed E-state index contributed by atoms with van der Waals surface area (Å²) in [5, 5.41) is 0. The molecule has 3 aromatic rings. The van der Waals surface area contributed by atoms with Crippen molar-refractivity contribution in [2.24, 2.45) is 5.92 Å². The van der Waals surface area contributed by atoms with Gasteiger partial charge in [0.25, 0.3) is 11.6 Å². The third-order valence-electron chi connectivity index (χ3n) is 5.19. The number of aromatic nitrogens is 3. The Morgan fingerprint density at radius 2 is 2.04 bits per heavy atom. The summed E-state index contributed by atoms with van der Waals surface area (Å²) in [7, 11) is 0. The van der Waals surface area contributed by atoms with Gasteiger partial charge in [0, 0.05) is 37.0 Å². The molecule has 26 heavy (non-hydrogen) atoms. The Balaban J connectivity index is 1.43. The van der Waals surface area contributed by atoms with Crippen LogP contribution < -0.4 is 10.5 Å². The Kier molecular flexibility index (Phi) is 4.22. The zero-order valence-corrected chi connectivity index (χ0v) is 14.9. The molecule has 1 saturated heterocycles. The predicted octanol–water partition coefficient (Wildman–Crippen LogP) is 3.06. The van der Waals surface area contributed by atoms with Crippen molar-refractivity contribution in [3.8, 4) is 0 Å². The standard InChI is InChI=1S/C19H21FN4O2/c1-12-13(2)21-11-24(18(12)25)10-14-5-7-23(8-6-14)19-22-16-4-3-15(20)9-17(16)26-19/h3-4,9,11,14H,5-8,10H2,1-2H3. The van der Waals surface area contributed by atoms with Crippen molar-refractivity contribution in [1.29, 1.82) is 0 Å². The van der Waals surface area contributed by atoms with Crippen molar-refractivity contribution < 1.29 is 8.81 Å². The molecule has 7 heteroatoms. The van der Waals surface area contributed by atoms with E-state index >= 15 is 0 Å². The smallest absolute Gasteiger partial charge is 0.298 e. The predicted molar refractivity (Wildman–Crippen MR) is 96.9 cm³/mol. The molecule has 6 nitrogen and oxygen atoms in total. The number of nitrogens with zero attached hydrogens (tertiary/aromatic N) is 4. The molecule has 0 saturated carbocycles. The van der Waals surface area contributed by atoms with Crippen molar-refractivity contribution in [3.05, 3.63) is 52.0 Å². The summed E-state index contributed by atoms with van der Waals surface area (Å²) in [6.07, 6.45) is 3.52. The van der Waals surface area contributed by atoms with E-state index in [9.17, 15) is 9.18 Å². The van der Waals surface area contributed by atoms with Gasteiger partial charge in [0.15, 0.2) is 5.58 Å². The maximum atomic E-state index is 13.3. The van der Waals surface area contributed by atoms with Crippen molar-refractivity contribution in [1.82, 2.24) is 14.5 Å². The number of piperidine rings is 1. The van der Waals surface area contributed by atoms with Gasteiger partial charge in [-0.05, 0) is 44.7 Å². The van der Waals surface area contributed by atoms with E-state index in [-0.39, 0.29) is 11.4 Å². The zero-order chi connectivity index (χ0) is 18.3. The van der Waals surface area contributed by atoms with Crippen LogP contribution in [0.4, 0.5) is 10.4 Å². The van der Waals surface area contributed by atoms with Gasteiger partial charge in [-0.25, -0.2) is 9.37 Å². The van der Waals surface area contributed by atoms with E-state index in [0.717, 1.165) is 31.6 Å². The Hall–Kier alpha value is -2.70. The number of benzene rings is 1. The van der Waals surface area contributed by atoms with Crippen LogP contribution in [0, 0.1) is 25.6 Å². The minimum atomic E-state index is -0.327. The summed E-state index contributed by atoms with van der Waals surface area (Å²) in [5.74, 6) is 0.0843. The summed E-state index contributed by atoms with van der Waals surface area (Å²) in [4.78, 5) is 23.2. The monoisotopic (exact) mass is 356 g/mol. The van der Waals surface area contributed by atoms with Gasteiger partial charge in [0.05, 0.1) is 6.33 Å². The molecule has 0 N–H and O–H groups in total. The summed E-state index contributed by atoms with van der Waals surface area (Å²) in [6, 6.07) is 4.91. The number of halogens is 1. The van der Waals surface area contributed by atoms with Crippen molar-refractivity contribution >= 4 is 17.1 Å². The lowest BCUT2D eigenvalue weighted by atomic mass is 9.97. The van der Waals surface area contributed by atoms with E-state index in [4.69, 9.17) is 4.42 Å². The molecule has 2 aromatic heterocycles. The minimum Gasteiger partial charge on any atom is -0.423 e. The molecule has 1 aromatic carbocycles. The lowest BCUT2D eigenvalue weighted by Gasteiger charge is -2.31. The normalized spacial score (nSPS) is 15.7. The molecule has 0 aliphatic carbocycles. The van der Waals surface area contributed by atoms with Crippen molar-refractivity contribution in [2.75, 3.05) is 18.0 Å². The fourth-order valence-corrected chi connectivity index (χ4v) is 3.41. The number of aryl methyl sites for hydroxylation is 1. The SMILES string of the molecule is Cc1ncn(CC2CCN(c3nc4ccc(F)cc4o3)CC2)c(=O)c1C. The maximum Gasteiger partial charge on any atom is 0.298 e.